The van der Waals surface area contributed by atoms with Gasteiger partial charge in [-0.25, -0.2) is 0 Å². The van der Waals surface area contributed by atoms with Crippen molar-refractivity contribution >= 4 is 21.9 Å². The highest BCUT2D eigenvalue weighted by Gasteiger charge is 2.13. The second-order valence-electron chi connectivity index (χ2n) is 3.13. The van der Waals surface area contributed by atoms with Gasteiger partial charge in [-0.3, -0.25) is 4.79 Å². The molecular formula is C11H13BrO5. The molecule has 0 aliphatic rings. The fraction of sp³-hybridized carbons (Fsp3) is 0.364. The van der Waals surface area contributed by atoms with Gasteiger partial charge in [-0.1, -0.05) is 15.9 Å². The highest BCUT2D eigenvalue weighted by atomic mass is 79.9. The number of halogens is 1. The predicted octanol–water partition coefficient (Wildman–Crippen LogP) is 2.32. The molecular weight excluding hydrogens is 292 g/mol. The first-order valence-electron chi connectivity index (χ1n) is 4.84. The summed E-state index contributed by atoms with van der Waals surface area (Å²) in [6.45, 7) is 0.0592. The number of carboxylic acid groups (broad SMARTS) is 1. The quantitative estimate of drug-likeness (QED) is 0.874. The molecule has 0 aliphatic heterocycles. The maximum absolute atomic E-state index is 10.4. The maximum Gasteiger partial charge on any atom is 0.306 e. The number of hydrogen-bond acceptors (Lipinski definition) is 4. The Morgan fingerprint density at radius 1 is 1.29 bits per heavy atom. The fourth-order valence-electron chi connectivity index (χ4n) is 1.23. The lowest BCUT2D eigenvalue weighted by molar-refractivity contribution is -0.137. The summed E-state index contributed by atoms with van der Waals surface area (Å²) in [7, 11) is 3.01. The third-order valence-corrected chi connectivity index (χ3v) is 2.45. The van der Waals surface area contributed by atoms with Gasteiger partial charge in [0.1, 0.15) is 0 Å². The Hall–Kier alpha value is -1.43. The SMILES string of the molecule is COc1cc(Br)cc(OC)c1OCCC(=O)O. The smallest absolute Gasteiger partial charge is 0.306 e. The van der Waals surface area contributed by atoms with Gasteiger partial charge in [-0.2, -0.15) is 0 Å². The fourth-order valence-corrected chi connectivity index (χ4v) is 1.65. The van der Waals surface area contributed by atoms with E-state index in [2.05, 4.69) is 15.9 Å². The Labute approximate surface area is 107 Å². The summed E-state index contributed by atoms with van der Waals surface area (Å²) in [6.07, 6.45) is -0.0810. The van der Waals surface area contributed by atoms with Crippen LogP contribution in [0.4, 0.5) is 0 Å². The van der Waals surface area contributed by atoms with Gasteiger partial charge >= 0.3 is 5.97 Å². The average molecular weight is 305 g/mol. The predicted molar refractivity (Wildman–Crippen MR) is 65.0 cm³/mol. The Morgan fingerprint density at radius 2 is 1.82 bits per heavy atom. The van der Waals surface area contributed by atoms with E-state index >= 15 is 0 Å². The molecule has 1 rings (SSSR count). The summed E-state index contributed by atoms with van der Waals surface area (Å²) in [5, 5.41) is 8.54. The molecule has 6 heteroatoms. The van der Waals surface area contributed by atoms with Crippen LogP contribution in [-0.4, -0.2) is 31.9 Å². The van der Waals surface area contributed by atoms with E-state index in [1.807, 2.05) is 0 Å². The van der Waals surface area contributed by atoms with E-state index in [9.17, 15) is 4.79 Å². The van der Waals surface area contributed by atoms with Crippen molar-refractivity contribution in [2.24, 2.45) is 0 Å². The zero-order valence-electron chi connectivity index (χ0n) is 9.53. The van der Waals surface area contributed by atoms with Crippen molar-refractivity contribution < 1.29 is 24.1 Å². The van der Waals surface area contributed by atoms with Crippen LogP contribution in [0.25, 0.3) is 0 Å². The van der Waals surface area contributed by atoms with Crippen molar-refractivity contribution in [2.45, 2.75) is 6.42 Å². The molecule has 1 aromatic carbocycles. The van der Waals surface area contributed by atoms with E-state index in [0.29, 0.717) is 17.2 Å². The molecule has 0 unspecified atom stereocenters. The zero-order chi connectivity index (χ0) is 12.8. The van der Waals surface area contributed by atoms with Crippen LogP contribution in [0.3, 0.4) is 0 Å². The number of methoxy groups -OCH3 is 2. The number of rotatable bonds is 6. The van der Waals surface area contributed by atoms with E-state index < -0.39 is 5.97 Å². The number of ether oxygens (including phenoxy) is 3. The molecule has 0 heterocycles. The van der Waals surface area contributed by atoms with Crippen molar-refractivity contribution in [1.29, 1.82) is 0 Å². The lowest BCUT2D eigenvalue weighted by atomic mass is 10.3. The minimum Gasteiger partial charge on any atom is -0.493 e. The second kappa shape index (κ2) is 6.34. The summed E-state index contributed by atoms with van der Waals surface area (Å²) in [5.74, 6) is 0.461. The molecule has 0 amide bonds. The molecule has 0 radical (unpaired) electrons. The molecule has 5 nitrogen and oxygen atoms in total. The third kappa shape index (κ3) is 3.81. The molecule has 0 aromatic heterocycles. The van der Waals surface area contributed by atoms with Gasteiger partial charge in [-0.15, -0.1) is 0 Å². The lowest BCUT2D eigenvalue weighted by Crippen LogP contribution is -2.06. The standard InChI is InChI=1S/C11H13BrO5/c1-15-8-5-7(12)6-9(16-2)11(8)17-4-3-10(13)14/h5-6H,3-4H2,1-2H3,(H,13,14). The van der Waals surface area contributed by atoms with Gasteiger partial charge in [0, 0.05) is 4.47 Å². The molecule has 0 fully saturated rings. The van der Waals surface area contributed by atoms with Crippen LogP contribution in [0.5, 0.6) is 17.2 Å². The number of carbonyl (C=O) groups is 1. The van der Waals surface area contributed by atoms with Crippen molar-refractivity contribution in [3.05, 3.63) is 16.6 Å². The summed E-state index contributed by atoms with van der Waals surface area (Å²) in [6, 6.07) is 3.44. The first-order valence-corrected chi connectivity index (χ1v) is 5.64. The molecule has 1 N–H and O–H groups in total. The molecule has 0 spiro atoms. The van der Waals surface area contributed by atoms with Crippen molar-refractivity contribution in [3.63, 3.8) is 0 Å². The third-order valence-electron chi connectivity index (χ3n) is 1.99. The molecule has 0 bridgehead atoms. The Kier molecular flexibility index (Phi) is 5.09. The van der Waals surface area contributed by atoms with Crippen LogP contribution < -0.4 is 14.2 Å². The van der Waals surface area contributed by atoms with Crippen molar-refractivity contribution in [1.82, 2.24) is 0 Å². The molecule has 0 saturated carbocycles. The molecule has 0 aliphatic carbocycles. The van der Waals surface area contributed by atoms with Gasteiger partial charge < -0.3 is 19.3 Å². The highest BCUT2D eigenvalue weighted by molar-refractivity contribution is 9.10. The van der Waals surface area contributed by atoms with Crippen LogP contribution in [0.15, 0.2) is 16.6 Å². The van der Waals surface area contributed by atoms with Crippen molar-refractivity contribution in [2.75, 3.05) is 20.8 Å². The van der Waals surface area contributed by atoms with Crippen LogP contribution in [0, 0.1) is 0 Å². The number of aliphatic carboxylic acids is 1. The van der Waals surface area contributed by atoms with Crippen LogP contribution >= 0.6 is 15.9 Å². The lowest BCUT2D eigenvalue weighted by Gasteiger charge is -2.14. The summed E-state index contributed by atoms with van der Waals surface area (Å²) in [5.41, 5.74) is 0. The van der Waals surface area contributed by atoms with E-state index in [1.54, 1.807) is 12.1 Å². The van der Waals surface area contributed by atoms with E-state index in [-0.39, 0.29) is 13.0 Å². The van der Waals surface area contributed by atoms with Gasteiger partial charge in [0.15, 0.2) is 11.5 Å². The monoisotopic (exact) mass is 304 g/mol. The molecule has 0 saturated heterocycles. The first-order chi connectivity index (χ1) is 8.08. The summed E-state index contributed by atoms with van der Waals surface area (Å²) in [4.78, 5) is 10.4. The Bertz CT molecular complexity index is 380. The second-order valence-corrected chi connectivity index (χ2v) is 4.05. The van der Waals surface area contributed by atoms with Crippen LogP contribution in [-0.2, 0) is 4.79 Å². The molecule has 17 heavy (non-hydrogen) atoms. The van der Waals surface area contributed by atoms with E-state index in [1.165, 1.54) is 14.2 Å². The number of hydrogen-bond donors (Lipinski definition) is 1. The Morgan fingerprint density at radius 3 is 2.24 bits per heavy atom. The van der Waals surface area contributed by atoms with E-state index in [0.717, 1.165) is 4.47 Å². The normalized spacial score (nSPS) is 9.82. The maximum atomic E-state index is 10.4. The topological polar surface area (TPSA) is 65.0 Å². The largest absolute Gasteiger partial charge is 0.493 e. The van der Waals surface area contributed by atoms with Crippen molar-refractivity contribution in [3.8, 4) is 17.2 Å². The number of benzene rings is 1. The molecule has 0 atom stereocenters. The molecule has 94 valence electrons. The van der Waals surface area contributed by atoms with Gasteiger partial charge in [0.25, 0.3) is 0 Å². The summed E-state index contributed by atoms with van der Waals surface area (Å²) < 4.78 is 16.4. The van der Waals surface area contributed by atoms with Crippen LogP contribution in [0.2, 0.25) is 0 Å². The minimum atomic E-state index is -0.917. The number of carboxylic acids is 1. The minimum absolute atomic E-state index is 0.0592. The van der Waals surface area contributed by atoms with Gasteiger partial charge in [0.2, 0.25) is 5.75 Å². The van der Waals surface area contributed by atoms with Gasteiger partial charge in [-0.05, 0) is 12.1 Å². The first kappa shape index (κ1) is 13.6. The Balaban J connectivity index is 2.90. The summed E-state index contributed by atoms with van der Waals surface area (Å²) >= 11 is 3.31. The highest BCUT2D eigenvalue weighted by Crippen LogP contribution is 2.40. The van der Waals surface area contributed by atoms with E-state index in [4.69, 9.17) is 19.3 Å². The van der Waals surface area contributed by atoms with Crippen LogP contribution in [0.1, 0.15) is 6.42 Å². The van der Waals surface area contributed by atoms with Gasteiger partial charge in [0.05, 0.1) is 27.2 Å². The zero-order valence-corrected chi connectivity index (χ0v) is 11.1. The molecule has 1 aromatic rings. The average Bonchev–Trinajstić information content (AvgIpc) is 2.29.